The largest absolute Gasteiger partial charge is 0.370 e. The number of nitrogens with zero attached hydrogens (tertiary/aromatic N) is 3. The molecule has 23 heavy (non-hydrogen) atoms. The molecule has 0 saturated carbocycles. The maximum atomic E-state index is 13.6. The molecule has 0 radical (unpaired) electrons. The van der Waals surface area contributed by atoms with Gasteiger partial charge in [-0.1, -0.05) is 24.3 Å². The monoisotopic (exact) mass is 309 g/mol. The van der Waals surface area contributed by atoms with Crippen molar-refractivity contribution in [2.75, 3.05) is 5.32 Å². The summed E-state index contributed by atoms with van der Waals surface area (Å²) in [5, 5.41) is 3.26. The fourth-order valence-electron chi connectivity index (χ4n) is 2.75. The lowest BCUT2D eigenvalue weighted by molar-refractivity contribution is 0.593. The van der Waals surface area contributed by atoms with Gasteiger partial charge < -0.3 is 5.73 Å². The number of halogens is 1. The van der Waals surface area contributed by atoms with E-state index in [0.29, 0.717) is 16.5 Å². The molecule has 1 atom stereocenters. The Balaban J connectivity index is 2.05. The SMILES string of the molecule is NC1=N[C@H](c2cccc(F)c2)n2c(nc(=O)c3ccccc32)N1. The minimum absolute atomic E-state index is 0.126. The number of hydrogen-bond acceptors (Lipinski definition) is 5. The number of benzene rings is 2. The summed E-state index contributed by atoms with van der Waals surface area (Å²) in [6.07, 6.45) is -0.597. The number of para-hydroxylation sites is 1. The van der Waals surface area contributed by atoms with Gasteiger partial charge >= 0.3 is 0 Å². The van der Waals surface area contributed by atoms with Gasteiger partial charge in [0, 0.05) is 0 Å². The van der Waals surface area contributed by atoms with Crippen molar-refractivity contribution in [1.82, 2.24) is 9.55 Å². The van der Waals surface area contributed by atoms with Gasteiger partial charge in [-0.3, -0.25) is 14.7 Å². The second-order valence-electron chi connectivity index (χ2n) is 5.20. The Morgan fingerprint density at radius 1 is 1.17 bits per heavy atom. The zero-order valence-corrected chi connectivity index (χ0v) is 11.9. The first-order valence-electron chi connectivity index (χ1n) is 7.00. The third kappa shape index (κ3) is 2.13. The summed E-state index contributed by atoms with van der Waals surface area (Å²) in [5.74, 6) is 0.0477. The van der Waals surface area contributed by atoms with E-state index < -0.39 is 6.17 Å². The molecule has 1 aliphatic heterocycles. The highest BCUT2D eigenvalue weighted by Crippen LogP contribution is 2.29. The quantitative estimate of drug-likeness (QED) is 0.718. The molecule has 0 unspecified atom stereocenters. The van der Waals surface area contributed by atoms with E-state index in [4.69, 9.17) is 5.73 Å². The molecule has 0 saturated heterocycles. The molecule has 1 aromatic heterocycles. The van der Waals surface area contributed by atoms with E-state index in [1.807, 2.05) is 6.07 Å². The van der Waals surface area contributed by atoms with Crippen LogP contribution in [0.5, 0.6) is 0 Å². The number of fused-ring (bicyclic) bond motifs is 3. The van der Waals surface area contributed by atoms with Gasteiger partial charge in [0.15, 0.2) is 12.1 Å². The smallest absolute Gasteiger partial charge is 0.282 e. The third-order valence-electron chi connectivity index (χ3n) is 3.72. The molecule has 3 aromatic rings. The molecule has 0 fully saturated rings. The summed E-state index contributed by atoms with van der Waals surface area (Å²) in [6.45, 7) is 0. The lowest BCUT2D eigenvalue weighted by atomic mass is 10.1. The number of guanidine groups is 1. The van der Waals surface area contributed by atoms with Crippen LogP contribution in [0.1, 0.15) is 11.7 Å². The zero-order chi connectivity index (χ0) is 16.0. The lowest BCUT2D eigenvalue weighted by Gasteiger charge is -2.27. The molecule has 3 N–H and O–H groups in total. The molecule has 0 aliphatic carbocycles. The Morgan fingerprint density at radius 2 is 2.00 bits per heavy atom. The second-order valence-corrected chi connectivity index (χ2v) is 5.20. The van der Waals surface area contributed by atoms with Crippen LogP contribution in [0.15, 0.2) is 58.3 Å². The Hall–Kier alpha value is -3.22. The van der Waals surface area contributed by atoms with Crippen LogP contribution in [0.3, 0.4) is 0 Å². The van der Waals surface area contributed by atoms with Crippen molar-refractivity contribution in [2.24, 2.45) is 10.7 Å². The van der Waals surface area contributed by atoms with Crippen molar-refractivity contribution in [1.29, 1.82) is 0 Å². The molecule has 0 spiro atoms. The van der Waals surface area contributed by atoms with Crippen molar-refractivity contribution in [2.45, 2.75) is 6.17 Å². The molecule has 1 aliphatic rings. The first-order valence-corrected chi connectivity index (χ1v) is 7.00. The second kappa shape index (κ2) is 4.91. The summed E-state index contributed by atoms with van der Waals surface area (Å²) in [7, 11) is 0. The predicted molar refractivity (Wildman–Crippen MR) is 85.8 cm³/mol. The van der Waals surface area contributed by atoms with Crippen molar-refractivity contribution in [3.63, 3.8) is 0 Å². The highest BCUT2D eigenvalue weighted by atomic mass is 19.1. The molecule has 114 valence electrons. The van der Waals surface area contributed by atoms with Gasteiger partial charge in [0.25, 0.3) is 5.56 Å². The molecule has 2 aromatic carbocycles. The normalized spacial score (nSPS) is 16.6. The number of rotatable bonds is 1. The molecule has 0 bridgehead atoms. The van der Waals surface area contributed by atoms with Crippen LogP contribution in [0.4, 0.5) is 10.3 Å². The molecule has 0 amide bonds. The van der Waals surface area contributed by atoms with E-state index in [1.165, 1.54) is 12.1 Å². The molecule has 2 heterocycles. The van der Waals surface area contributed by atoms with Gasteiger partial charge in [0.2, 0.25) is 5.95 Å². The number of anilines is 1. The number of nitrogens with one attached hydrogen (secondary N) is 1. The Bertz CT molecular complexity index is 1010. The van der Waals surface area contributed by atoms with Gasteiger partial charge in [0.1, 0.15) is 5.82 Å². The predicted octanol–water partition coefficient (Wildman–Crippen LogP) is 1.82. The molecule has 7 heteroatoms. The first-order chi connectivity index (χ1) is 11.1. The van der Waals surface area contributed by atoms with Crippen molar-refractivity contribution >= 4 is 22.8 Å². The Labute approximate surface area is 130 Å². The summed E-state index contributed by atoms with van der Waals surface area (Å²) in [5.41, 5.74) is 6.71. The van der Waals surface area contributed by atoms with Crippen LogP contribution in [-0.2, 0) is 0 Å². The maximum absolute atomic E-state index is 13.6. The van der Waals surface area contributed by atoms with Crippen LogP contribution in [0.25, 0.3) is 10.9 Å². The average Bonchev–Trinajstić information content (AvgIpc) is 2.54. The number of aromatic nitrogens is 2. The van der Waals surface area contributed by atoms with Crippen molar-refractivity contribution < 1.29 is 4.39 Å². The summed E-state index contributed by atoms with van der Waals surface area (Å²) >= 11 is 0. The van der Waals surface area contributed by atoms with E-state index in [1.54, 1.807) is 34.9 Å². The van der Waals surface area contributed by atoms with Gasteiger partial charge in [-0.15, -0.1) is 0 Å². The summed E-state index contributed by atoms with van der Waals surface area (Å²) < 4.78 is 15.3. The minimum Gasteiger partial charge on any atom is -0.370 e. The molecule has 4 rings (SSSR count). The van der Waals surface area contributed by atoms with Crippen LogP contribution >= 0.6 is 0 Å². The van der Waals surface area contributed by atoms with E-state index in [2.05, 4.69) is 15.3 Å². The van der Waals surface area contributed by atoms with Gasteiger partial charge in [0.05, 0.1) is 10.9 Å². The highest BCUT2D eigenvalue weighted by molar-refractivity contribution is 5.93. The molecular formula is C16H12FN5O. The van der Waals surface area contributed by atoms with E-state index in [-0.39, 0.29) is 23.3 Å². The number of aliphatic imine (C=N–C) groups is 1. The average molecular weight is 309 g/mol. The third-order valence-corrected chi connectivity index (χ3v) is 3.72. The Morgan fingerprint density at radius 3 is 2.83 bits per heavy atom. The maximum Gasteiger partial charge on any atom is 0.282 e. The summed E-state index contributed by atoms with van der Waals surface area (Å²) in [4.78, 5) is 20.5. The number of nitrogens with two attached hydrogens (primary N) is 1. The zero-order valence-electron chi connectivity index (χ0n) is 11.9. The molecule has 6 nitrogen and oxygen atoms in total. The fraction of sp³-hybridized carbons (Fsp3) is 0.0625. The van der Waals surface area contributed by atoms with Crippen LogP contribution in [-0.4, -0.2) is 15.5 Å². The summed E-state index contributed by atoms with van der Waals surface area (Å²) in [6, 6.07) is 13.2. The minimum atomic E-state index is -0.597. The molecular weight excluding hydrogens is 297 g/mol. The van der Waals surface area contributed by atoms with Crippen LogP contribution in [0.2, 0.25) is 0 Å². The van der Waals surface area contributed by atoms with E-state index in [0.717, 1.165) is 0 Å². The van der Waals surface area contributed by atoms with Gasteiger partial charge in [-0.25, -0.2) is 9.38 Å². The standard InChI is InChI=1S/C16H12FN5O/c17-10-5-3-4-9(8-10)13-19-15(18)21-16-20-14(23)11-6-1-2-7-12(11)22(13)16/h1-8,13H,(H3,18,19,20,21,23)/t13-/m0/s1. The highest BCUT2D eigenvalue weighted by Gasteiger charge is 2.24. The van der Waals surface area contributed by atoms with E-state index in [9.17, 15) is 9.18 Å². The van der Waals surface area contributed by atoms with Crippen molar-refractivity contribution in [3.05, 3.63) is 70.3 Å². The van der Waals surface area contributed by atoms with Crippen LogP contribution in [0, 0.1) is 5.82 Å². The topological polar surface area (TPSA) is 85.3 Å². The van der Waals surface area contributed by atoms with Gasteiger partial charge in [-0.2, -0.15) is 4.98 Å². The van der Waals surface area contributed by atoms with Crippen molar-refractivity contribution in [3.8, 4) is 0 Å². The lowest BCUT2D eigenvalue weighted by Crippen LogP contribution is -2.34. The first kappa shape index (κ1) is 13.4. The van der Waals surface area contributed by atoms with Gasteiger partial charge in [-0.05, 0) is 29.8 Å². The van der Waals surface area contributed by atoms with E-state index >= 15 is 0 Å². The fourth-order valence-corrected chi connectivity index (χ4v) is 2.75. The van der Waals surface area contributed by atoms with Crippen LogP contribution < -0.4 is 16.6 Å². The Kier molecular flexibility index (Phi) is 2.87. The number of hydrogen-bond donors (Lipinski definition) is 2.